The van der Waals surface area contributed by atoms with E-state index in [1.54, 1.807) is 36.4 Å². The van der Waals surface area contributed by atoms with E-state index in [-0.39, 0.29) is 17.8 Å². The molecule has 1 atom stereocenters. The highest BCUT2D eigenvalue weighted by atomic mass is 16.4. The summed E-state index contributed by atoms with van der Waals surface area (Å²) in [4.78, 5) is 53.5. The fraction of sp³-hybridized carbons (Fsp3) is 0.190. The van der Waals surface area contributed by atoms with Crippen LogP contribution < -0.4 is 28.0 Å². The second-order valence-electron chi connectivity index (χ2n) is 7.10. The van der Waals surface area contributed by atoms with Crippen LogP contribution in [0.3, 0.4) is 0 Å². The minimum Gasteiger partial charge on any atom is -0.481 e. The van der Waals surface area contributed by atoms with Crippen LogP contribution in [0.5, 0.6) is 0 Å². The van der Waals surface area contributed by atoms with Gasteiger partial charge in [-0.2, -0.15) is 0 Å². The molecule has 32 heavy (non-hydrogen) atoms. The summed E-state index contributed by atoms with van der Waals surface area (Å²) in [6.07, 6.45) is -0.359. The summed E-state index contributed by atoms with van der Waals surface area (Å²) in [5, 5.41) is 11.9. The molecule has 2 aromatic carbocycles. The highest BCUT2D eigenvalue weighted by molar-refractivity contribution is 5.85. The van der Waals surface area contributed by atoms with Crippen molar-refractivity contribution in [3.63, 3.8) is 0 Å². The highest BCUT2D eigenvalue weighted by Gasteiger charge is 2.20. The van der Waals surface area contributed by atoms with Crippen molar-refractivity contribution >= 4 is 34.4 Å². The van der Waals surface area contributed by atoms with Gasteiger partial charge in [0, 0.05) is 7.05 Å². The lowest BCUT2D eigenvalue weighted by atomic mass is 10.0. The highest BCUT2D eigenvalue weighted by Crippen LogP contribution is 2.18. The van der Waals surface area contributed by atoms with E-state index in [9.17, 15) is 24.3 Å². The molecule has 0 bridgehead atoms. The third-order valence-corrected chi connectivity index (χ3v) is 4.81. The summed E-state index contributed by atoms with van der Waals surface area (Å²) >= 11 is 0. The molecule has 0 aliphatic heterocycles. The molecule has 166 valence electrons. The van der Waals surface area contributed by atoms with Gasteiger partial charge >= 0.3 is 11.7 Å². The van der Waals surface area contributed by atoms with E-state index in [2.05, 4.69) is 10.3 Å². The minimum atomic E-state index is -1.11. The van der Waals surface area contributed by atoms with Crippen molar-refractivity contribution in [3.05, 3.63) is 74.9 Å². The summed E-state index contributed by atoms with van der Waals surface area (Å²) < 4.78 is 2.01. The second kappa shape index (κ2) is 9.16. The van der Waals surface area contributed by atoms with Gasteiger partial charge in [0.05, 0.1) is 29.1 Å². The molecular formula is C21H22N6O5. The summed E-state index contributed by atoms with van der Waals surface area (Å²) in [6, 6.07) is 12.2. The Hall–Kier alpha value is -4.41. The minimum absolute atomic E-state index is 0.146. The van der Waals surface area contributed by atoms with Gasteiger partial charge in [-0.05, 0) is 23.8 Å². The number of aliphatic imine (C=N–C) groups is 1. The van der Waals surface area contributed by atoms with Crippen LogP contribution >= 0.6 is 0 Å². The smallest absolute Gasteiger partial charge is 0.331 e. The summed E-state index contributed by atoms with van der Waals surface area (Å²) in [5.41, 5.74) is 10.6. The first-order chi connectivity index (χ1) is 15.2. The van der Waals surface area contributed by atoms with Crippen molar-refractivity contribution < 1.29 is 14.7 Å². The molecule has 1 unspecified atom stereocenters. The van der Waals surface area contributed by atoms with E-state index in [1.807, 2.05) is 0 Å². The van der Waals surface area contributed by atoms with Crippen LogP contribution in [0.25, 0.3) is 10.9 Å². The van der Waals surface area contributed by atoms with Gasteiger partial charge in [0.2, 0.25) is 5.91 Å². The standard InChI is InChI=1S/C21H22N6O5/c1-26-16-8-7-13(24-20(22)23)9-14(16)19(31)27(21(26)32)11-17(28)25-15(10-18(29)30)12-5-3-2-4-6-12/h2-9,15H,10-11H2,1H3,(H,25,28)(H,29,30)(H4,22,23,24). The lowest BCUT2D eigenvalue weighted by Gasteiger charge is -2.18. The number of rotatable bonds is 7. The maximum Gasteiger partial charge on any atom is 0.331 e. The topological polar surface area (TPSA) is 175 Å². The predicted octanol–water partition coefficient (Wildman–Crippen LogP) is -0.0627. The third kappa shape index (κ3) is 4.83. The quantitative estimate of drug-likeness (QED) is 0.295. The Kier molecular flexibility index (Phi) is 6.38. The monoisotopic (exact) mass is 438 g/mol. The molecule has 0 saturated heterocycles. The average molecular weight is 438 g/mol. The number of aliphatic carboxylic acids is 1. The van der Waals surface area contributed by atoms with Crippen LogP contribution in [0.4, 0.5) is 5.69 Å². The number of guanidine groups is 1. The molecule has 0 spiro atoms. The number of aromatic nitrogens is 2. The largest absolute Gasteiger partial charge is 0.481 e. The van der Waals surface area contributed by atoms with E-state index >= 15 is 0 Å². The SMILES string of the molecule is Cn1c(=O)n(CC(=O)NC(CC(=O)O)c2ccccc2)c(=O)c2cc(N=C(N)N)ccc21. The first-order valence-corrected chi connectivity index (χ1v) is 9.56. The Labute approximate surface area is 181 Å². The van der Waals surface area contributed by atoms with Crippen molar-refractivity contribution in [1.29, 1.82) is 0 Å². The number of nitrogens with one attached hydrogen (secondary N) is 1. The molecule has 0 aliphatic carbocycles. The molecule has 6 N–H and O–H groups in total. The number of amides is 1. The zero-order chi connectivity index (χ0) is 23.4. The van der Waals surface area contributed by atoms with Gasteiger partial charge in [-0.15, -0.1) is 0 Å². The van der Waals surface area contributed by atoms with E-state index in [1.165, 1.54) is 23.7 Å². The Morgan fingerprint density at radius 1 is 1.12 bits per heavy atom. The molecule has 11 nitrogen and oxygen atoms in total. The molecule has 0 radical (unpaired) electrons. The molecular weight excluding hydrogens is 416 g/mol. The summed E-state index contributed by atoms with van der Waals surface area (Å²) in [5.74, 6) is -1.98. The van der Waals surface area contributed by atoms with Gasteiger partial charge in [-0.25, -0.2) is 9.79 Å². The number of nitrogens with two attached hydrogens (primary N) is 2. The number of hydrogen-bond donors (Lipinski definition) is 4. The number of nitrogens with zero attached hydrogens (tertiary/aromatic N) is 3. The fourth-order valence-electron chi connectivity index (χ4n) is 3.36. The number of carboxylic acid groups (broad SMARTS) is 1. The van der Waals surface area contributed by atoms with Crippen molar-refractivity contribution in [2.24, 2.45) is 23.5 Å². The Bertz CT molecular complexity index is 1320. The van der Waals surface area contributed by atoms with Crippen molar-refractivity contribution in [1.82, 2.24) is 14.5 Å². The maximum absolute atomic E-state index is 13.0. The van der Waals surface area contributed by atoms with Gasteiger partial charge in [-0.1, -0.05) is 30.3 Å². The lowest BCUT2D eigenvalue weighted by Crippen LogP contribution is -2.44. The van der Waals surface area contributed by atoms with Gasteiger partial charge in [0.15, 0.2) is 5.96 Å². The van der Waals surface area contributed by atoms with Crippen LogP contribution in [-0.4, -0.2) is 32.1 Å². The second-order valence-corrected chi connectivity index (χ2v) is 7.10. The average Bonchev–Trinajstić information content (AvgIpc) is 2.74. The first-order valence-electron chi connectivity index (χ1n) is 9.56. The molecule has 0 aliphatic rings. The molecule has 0 fully saturated rings. The van der Waals surface area contributed by atoms with Gasteiger partial charge in [0.1, 0.15) is 6.54 Å². The Balaban J connectivity index is 1.97. The van der Waals surface area contributed by atoms with Crippen LogP contribution in [-0.2, 0) is 23.2 Å². The van der Waals surface area contributed by atoms with Crippen LogP contribution in [0.2, 0.25) is 0 Å². The zero-order valence-electron chi connectivity index (χ0n) is 17.2. The maximum atomic E-state index is 13.0. The van der Waals surface area contributed by atoms with Gasteiger partial charge in [-0.3, -0.25) is 23.5 Å². The molecule has 0 saturated carbocycles. The lowest BCUT2D eigenvalue weighted by molar-refractivity contribution is -0.137. The van der Waals surface area contributed by atoms with E-state index in [4.69, 9.17) is 11.5 Å². The molecule has 1 aromatic heterocycles. The first kappa shape index (κ1) is 22.3. The van der Waals surface area contributed by atoms with E-state index in [0.29, 0.717) is 16.8 Å². The van der Waals surface area contributed by atoms with Crippen LogP contribution in [0.15, 0.2) is 63.1 Å². The summed E-state index contributed by atoms with van der Waals surface area (Å²) in [7, 11) is 1.47. The molecule has 3 aromatic rings. The zero-order valence-corrected chi connectivity index (χ0v) is 17.2. The third-order valence-electron chi connectivity index (χ3n) is 4.81. The Morgan fingerprint density at radius 2 is 1.81 bits per heavy atom. The molecule has 1 heterocycles. The normalized spacial score (nSPS) is 11.7. The van der Waals surface area contributed by atoms with Crippen LogP contribution in [0.1, 0.15) is 18.0 Å². The van der Waals surface area contributed by atoms with Crippen molar-refractivity contribution in [3.8, 4) is 0 Å². The molecule has 11 heteroatoms. The Morgan fingerprint density at radius 3 is 2.44 bits per heavy atom. The number of aryl methyl sites for hydroxylation is 1. The predicted molar refractivity (Wildman–Crippen MR) is 118 cm³/mol. The molecule has 1 amide bonds. The summed E-state index contributed by atoms with van der Waals surface area (Å²) in [6.45, 7) is -0.586. The van der Waals surface area contributed by atoms with E-state index < -0.39 is 35.7 Å². The number of benzene rings is 2. The van der Waals surface area contributed by atoms with Crippen molar-refractivity contribution in [2.75, 3.05) is 0 Å². The number of carboxylic acids is 1. The van der Waals surface area contributed by atoms with Gasteiger partial charge < -0.3 is 21.9 Å². The number of hydrogen-bond acceptors (Lipinski definition) is 5. The fourth-order valence-corrected chi connectivity index (χ4v) is 3.36. The number of fused-ring (bicyclic) bond motifs is 1. The molecule has 3 rings (SSSR count). The number of carbonyl (C=O) groups excluding carboxylic acids is 1. The van der Waals surface area contributed by atoms with Crippen LogP contribution in [0, 0.1) is 0 Å². The van der Waals surface area contributed by atoms with E-state index in [0.717, 1.165) is 4.57 Å². The van der Waals surface area contributed by atoms with Crippen molar-refractivity contribution in [2.45, 2.75) is 19.0 Å². The number of carbonyl (C=O) groups is 2. The van der Waals surface area contributed by atoms with Gasteiger partial charge in [0.25, 0.3) is 5.56 Å².